The standard InChI is InChI=1S/C24H40Cl2O4/c1-17(2)9-7-10-18(3)12-14-30-13-8-11-19-20(15-25)23(28-5)24(29-6)21(16-26)22(19)27-4/h17-18H,7-16H2,1-6H3. The van der Waals surface area contributed by atoms with Gasteiger partial charge in [-0.2, -0.15) is 0 Å². The maximum atomic E-state index is 6.27. The number of rotatable bonds is 16. The molecule has 1 rings (SSSR count). The van der Waals surface area contributed by atoms with Gasteiger partial charge in [0.2, 0.25) is 0 Å². The van der Waals surface area contributed by atoms with Crippen LogP contribution in [0.1, 0.15) is 69.6 Å². The van der Waals surface area contributed by atoms with Crippen LogP contribution in [0.4, 0.5) is 0 Å². The van der Waals surface area contributed by atoms with Crippen molar-refractivity contribution >= 4 is 23.2 Å². The third kappa shape index (κ3) is 8.01. The van der Waals surface area contributed by atoms with Crippen LogP contribution in [0.5, 0.6) is 17.2 Å². The van der Waals surface area contributed by atoms with E-state index in [9.17, 15) is 0 Å². The van der Waals surface area contributed by atoms with Gasteiger partial charge in [-0.05, 0) is 31.1 Å². The molecule has 0 radical (unpaired) electrons. The Balaban J connectivity index is 2.66. The van der Waals surface area contributed by atoms with Gasteiger partial charge in [0.15, 0.2) is 11.5 Å². The molecule has 0 N–H and O–H groups in total. The number of alkyl halides is 2. The summed E-state index contributed by atoms with van der Waals surface area (Å²) in [7, 11) is 4.87. The van der Waals surface area contributed by atoms with Crippen LogP contribution in [-0.2, 0) is 22.9 Å². The van der Waals surface area contributed by atoms with E-state index in [-0.39, 0.29) is 5.88 Å². The highest BCUT2D eigenvalue weighted by atomic mass is 35.5. The van der Waals surface area contributed by atoms with E-state index in [0.717, 1.165) is 54.2 Å². The van der Waals surface area contributed by atoms with Crippen molar-refractivity contribution in [3.8, 4) is 17.2 Å². The molecule has 0 aliphatic rings. The predicted octanol–water partition coefficient (Wildman–Crippen LogP) is 6.99. The second kappa shape index (κ2) is 15.0. The summed E-state index contributed by atoms with van der Waals surface area (Å²) < 4.78 is 22.7. The monoisotopic (exact) mass is 462 g/mol. The second-order valence-corrected chi connectivity index (χ2v) is 8.77. The van der Waals surface area contributed by atoms with Crippen LogP contribution >= 0.6 is 23.2 Å². The highest BCUT2D eigenvalue weighted by molar-refractivity contribution is 6.18. The SMILES string of the molecule is COc1c(CCCOCCC(C)CCCC(C)C)c(CCl)c(OC)c(OC)c1CCl. The van der Waals surface area contributed by atoms with Gasteiger partial charge in [-0.25, -0.2) is 0 Å². The van der Waals surface area contributed by atoms with E-state index in [2.05, 4.69) is 20.8 Å². The fourth-order valence-electron chi connectivity index (χ4n) is 3.80. The molecule has 0 aromatic heterocycles. The molecule has 0 aliphatic heterocycles. The lowest BCUT2D eigenvalue weighted by atomic mass is 9.97. The molecule has 0 saturated heterocycles. The predicted molar refractivity (Wildman–Crippen MR) is 127 cm³/mol. The Morgan fingerprint density at radius 1 is 0.667 bits per heavy atom. The molecule has 0 bridgehead atoms. The molecule has 0 heterocycles. The molecule has 1 aromatic carbocycles. The third-order valence-corrected chi connectivity index (χ3v) is 6.03. The van der Waals surface area contributed by atoms with Gasteiger partial charge in [0.1, 0.15) is 5.75 Å². The number of benzene rings is 1. The molecule has 6 heteroatoms. The van der Waals surface area contributed by atoms with Crippen LogP contribution in [0.25, 0.3) is 0 Å². The van der Waals surface area contributed by atoms with Gasteiger partial charge in [-0.3, -0.25) is 0 Å². The molecule has 0 fully saturated rings. The lowest BCUT2D eigenvalue weighted by Crippen LogP contribution is -2.08. The van der Waals surface area contributed by atoms with Crippen LogP contribution in [0, 0.1) is 11.8 Å². The van der Waals surface area contributed by atoms with E-state index < -0.39 is 0 Å². The molecule has 1 atom stereocenters. The van der Waals surface area contributed by atoms with Gasteiger partial charge in [0, 0.05) is 24.3 Å². The van der Waals surface area contributed by atoms with E-state index in [1.165, 1.54) is 19.3 Å². The first-order valence-corrected chi connectivity index (χ1v) is 12.0. The molecule has 30 heavy (non-hydrogen) atoms. The first-order chi connectivity index (χ1) is 14.4. The summed E-state index contributed by atoms with van der Waals surface area (Å²) in [6.45, 7) is 8.40. The summed E-state index contributed by atoms with van der Waals surface area (Å²) in [4.78, 5) is 0. The van der Waals surface area contributed by atoms with Crippen LogP contribution in [-0.4, -0.2) is 34.5 Å². The average molecular weight is 463 g/mol. The normalized spacial score (nSPS) is 12.3. The smallest absolute Gasteiger partial charge is 0.169 e. The molecule has 4 nitrogen and oxygen atoms in total. The average Bonchev–Trinajstić information content (AvgIpc) is 2.73. The van der Waals surface area contributed by atoms with Crippen molar-refractivity contribution in [3.05, 3.63) is 16.7 Å². The highest BCUT2D eigenvalue weighted by Crippen LogP contribution is 2.46. The summed E-state index contributed by atoms with van der Waals surface area (Å²) in [6.07, 6.45) is 6.66. The van der Waals surface area contributed by atoms with Crippen molar-refractivity contribution < 1.29 is 18.9 Å². The zero-order valence-electron chi connectivity index (χ0n) is 19.6. The minimum atomic E-state index is 0.267. The Bertz CT molecular complexity index is 587. The topological polar surface area (TPSA) is 36.9 Å². The van der Waals surface area contributed by atoms with Crippen molar-refractivity contribution in [2.24, 2.45) is 11.8 Å². The second-order valence-electron chi connectivity index (χ2n) is 8.24. The van der Waals surface area contributed by atoms with Crippen molar-refractivity contribution in [3.63, 3.8) is 0 Å². The minimum Gasteiger partial charge on any atom is -0.496 e. The fraction of sp³-hybridized carbons (Fsp3) is 0.750. The number of ether oxygens (including phenoxy) is 4. The first kappa shape index (κ1) is 27.2. The maximum Gasteiger partial charge on any atom is 0.169 e. The van der Waals surface area contributed by atoms with Gasteiger partial charge in [0.05, 0.1) is 38.7 Å². The third-order valence-electron chi connectivity index (χ3n) is 5.50. The minimum absolute atomic E-state index is 0.267. The Morgan fingerprint density at radius 3 is 1.80 bits per heavy atom. The first-order valence-electron chi connectivity index (χ1n) is 11.0. The van der Waals surface area contributed by atoms with Crippen LogP contribution in [0.3, 0.4) is 0 Å². The van der Waals surface area contributed by atoms with Gasteiger partial charge in [-0.15, -0.1) is 23.2 Å². The zero-order valence-corrected chi connectivity index (χ0v) is 21.1. The Kier molecular flexibility index (Phi) is 13.6. The number of hydrogen-bond donors (Lipinski definition) is 0. The fourth-order valence-corrected chi connectivity index (χ4v) is 4.32. The van der Waals surface area contributed by atoms with Crippen LogP contribution in [0.2, 0.25) is 0 Å². The van der Waals surface area contributed by atoms with Crippen molar-refractivity contribution in [1.82, 2.24) is 0 Å². The highest BCUT2D eigenvalue weighted by Gasteiger charge is 2.25. The Morgan fingerprint density at radius 2 is 1.27 bits per heavy atom. The van der Waals surface area contributed by atoms with E-state index in [1.807, 2.05) is 0 Å². The molecular formula is C24H40Cl2O4. The Labute approximate surface area is 193 Å². The lowest BCUT2D eigenvalue weighted by molar-refractivity contribution is 0.118. The molecule has 1 aromatic rings. The maximum absolute atomic E-state index is 6.27. The molecule has 0 amide bonds. The van der Waals surface area contributed by atoms with E-state index in [0.29, 0.717) is 29.9 Å². The molecule has 1 unspecified atom stereocenters. The Hall–Kier alpha value is -0.840. The molecular weight excluding hydrogens is 423 g/mol. The summed E-state index contributed by atoms with van der Waals surface area (Å²) in [5, 5.41) is 0. The van der Waals surface area contributed by atoms with E-state index >= 15 is 0 Å². The molecule has 0 saturated carbocycles. The zero-order chi connectivity index (χ0) is 22.5. The summed E-state index contributed by atoms with van der Waals surface area (Å²) in [5.41, 5.74) is 2.70. The van der Waals surface area contributed by atoms with Gasteiger partial charge in [-0.1, -0.05) is 40.0 Å². The van der Waals surface area contributed by atoms with Gasteiger partial charge >= 0.3 is 0 Å². The van der Waals surface area contributed by atoms with Gasteiger partial charge < -0.3 is 18.9 Å². The lowest BCUT2D eigenvalue weighted by Gasteiger charge is -2.22. The number of halogens is 2. The van der Waals surface area contributed by atoms with Crippen molar-refractivity contribution in [2.75, 3.05) is 34.5 Å². The summed E-state index contributed by atoms with van der Waals surface area (Å²) >= 11 is 12.5. The van der Waals surface area contributed by atoms with Crippen molar-refractivity contribution in [1.29, 1.82) is 0 Å². The summed E-state index contributed by atoms with van der Waals surface area (Å²) in [5.74, 6) is 4.04. The number of methoxy groups -OCH3 is 3. The van der Waals surface area contributed by atoms with Crippen LogP contribution < -0.4 is 14.2 Å². The number of hydrogen-bond acceptors (Lipinski definition) is 4. The molecule has 0 spiro atoms. The van der Waals surface area contributed by atoms with Gasteiger partial charge in [0.25, 0.3) is 0 Å². The van der Waals surface area contributed by atoms with Crippen LogP contribution in [0.15, 0.2) is 0 Å². The summed E-state index contributed by atoms with van der Waals surface area (Å²) in [6, 6.07) is 0. The van der Waals surface area contributed by atoms with E-state index in [4.69, 9.17) is 42.1 Å². The molecule has 0 aliphatic carbocycles. The quantitative estimate of drug-likeness (QED) is 0.196. The largest absolute Gasteiger partial charge is 0.496 e. The van der Waals surface area contributed by atoms with Crippen molar-refractivity contribution in [2.45, 2.75) is 71.1 Å². The van der Waals surface area contributed by atoms with E-state index in [1.54, 1.807) is 21.3 Å². The molecule has 174 valence electrons.